The Morgan fingerprint density at radius 1 is 1.23 bits per heavy atom. The zero-order chi connectivity index (χ0) is 18.1. The van der Waals surface area contributed by atoms with Crippen LogP contribution in [-0.4, -0.2) is 33.2 Å². The van der Waals surface area contributed by atoms with Crippen molar-refractivity contribution in [1.82, 2.24) is 14.9 Å². The highest BCUT2D eigenvalue weighted by Gasteiger charge is 2.34. The van der Waals surface area contributed by atoms with Gasteiger partial charge in [-0.15, -0.1) is 0 Å². The standard InChI is InChI=1S/C19H17FN4O2/c20-14-7-5-12(6-8-14)10-24-11-13(9-17(24)25)18(26)23-19-21-15-3-1-2-4-16(15)22-19/h1-8,13H,9-11H2,(H2,21,22,23,26)/t13-/m0/s1. The molecule has 3 aromatic rings. The Morgan fingerprint density at radius 2 is 2.00 bits per heavy atom. The third-order valence-corrected chi connectivity index (χ3v) is 4.50. The zero-order valence-electron chi connectivity index (χ0n) is 13.9. The lowest BCUT2D eigenvalue weighted by Crippen LogP contribution is -2.28. The van der Waals surface area contributed by atoms with Crippen molar-refractivity contribution < 1.29 is 14.0 Å². The Hall–Kier alpha value is -3.22. The molecule has 6 nitrogen and oxygen atoms in total. The third-order valence-electron chi connectivity index (χ3n) is 4.50. The van der Waals surface area contributed by atoms with Gasteiger partial charge in [0.15, 0.2) is 0 Å². The van der Waals surface area contributed by atoms with E-state index in [2.05, 4.69) is 15.3 Å². The Kier molecular flexibility index (Phi) is 4.12. The van der Waals surface area contributed by atoms with Crippen LogP contribution in [0.5, 0.6) is 0 Å². The van der Waals surface area contributed by atoms with Gasteiger partial charge in [-0.2, -0.15) is 0 Å². The summed E-state index contributed by atoms with van der Waals surface area (Å²) in [7, 11) is 0. The van der Waals surface area contributed by atoms with E-state index in [4.69, 9.17) is 0 Å². The smallest absolute Gasteiger partial charge is 0.232 e. The van der Waals surface area contributed by atoms with Crippen LogP contribution < -0.4 is 5.32 Å². The Morgan fingerprint density at radius 3 is 2.77 bits per heavy atom. The largest absolute Gasteiger partial charge is 0.338 e. The molecule has 0 radical (unpaired) electrons. The maximum Gasteiger partial charge on any atom is 0.232 e. The number of hydrogen-bond acceptors (Lipinski definition) is 3. The van der Waals surface area contributed by atoms with E-state index < -0.39 is 5.92 Å². The first-order valence-corrected chi connectivity index (χ1v) is 8.36. The van der Waals surface area contributed by atoms with Crippen molar-refractivity contribution in [3.63, 3.8) is 0 Å². The summed E-state index contributed by atoms with van der Waals surface area (Å²) >= 11 is 0. The van der Waals surface area contributed by atoms with Gasteiger partial charge in [0.1, 0.15) is 5.82 Å². The number of aromatic nitrogens is 2. The van der Waals surface area contributed by atoms with Crippen LogP contribution in [-0.2, 0) is 16.1 Å². The van der Waals surface area contributed by atoms with Gasteiger partial charge in [-0.3, -0.25) is 14.9 Å². The maximum absolute atomic E-state index is 13.0. The molecule has 0 saturated carbocycles. The van der Waals surface area contributed by atoms with Crippen molar-refractivity contribution in [1.29, 1.82) is 0 Å². The van der Waals surface area contributed by atoms with E-state index in [-0.39, 0.29) is 24.1 Å². The predicted octanol–water partition coefficient (Wildman–Crippen LogP) is 2.69. The molecule has 2 amide bonds. The minimum atomic E-state index is -0.434. The summed E-state index contributed by atoms with van der Waals surface area (Å²) in [5.41, 5.74) is 2.43. The van der Waals surface area contributed by atoms with E-state index in [1.54, 1.807) is 17.0 Å². The highest BCUT2D eigenvalue weighted by atomic mass is 19.1. The number of imidazole rings is 1. The minimum absolute atomic E-state index is 0.0842. The summed E-state index contributed by atoms with van der Waals surface area (Å²) in [4.78, 5) is 33.7. The van der Waals surface area contributed by atoms with Gasteiger partial charge in [-0.1, -0.05) is 24.3 Å². The number of likely N-dealkylation sites (tertiary alicyclic amines) is 1. The van der Waals surface area contributed by atoms with Gasteiger partial charge in [0.2, 0.25) is 17.8 Å². The van der Waals surface area contributed by atoms with Crippen molar-refractivity contribution in [2.75, 3.05) is 11.9 Å². The van der Waals surface area contributed by atoms with Gasteiger partial charge in [-0.05, 0) is 29.8 Å². The number of amides is 2. The molecule has 2 heterocycles. The first-order valence-electron chi connectivity index (χ1n) is 8.36. The molecule has 132 valence electrons. The summed E-state index contributed by atoms with van der Waals surface area (Å²) in [6.45, 7) is 0.704. The van der Waals surface area contributed by atoms with Crippen LogP contribution in [0.25, 0.3) is 11.0 Å². The molecule has 2 N–H and O–H groups in total. The quantitative estimate of drug-likeness (QED) is 0.758. The molecule has 1 aromatic heterocycles. The number of nitrogens with zero attached hydrogens (tertiary/aromatic N) is 2. The molecule has 1 aliphatic rings. The van der Waals surface area contributed by atoms with Gasteiger partial charge in [0.25, 0.3) is 0 Å². The second kappa shape index (κ2) is 6.59. The first kappa shape index (κ1) is 16.3. The van der Waals surface area contributed by atoms with Crippen molar-refractivity contribution in [3.8, 4) is 0 Å². The van der Waals surface area contributed by atoms with Crippen LogP contribution in [0, 0.1) is 11.7 Å². The van der Waals surface area contributed by atoms with Crippen LogP contribution >= 0.6 is 0 Å². The van der Waals surface area contributed by atoms with E-state index in [9.17, 15) is 14.0 Å². The van der Waals surface area contributed by atoms with E-state index in [1.165, 1.54) is 12.1 Å². The number of anilines is 1. The van der Waals surface area contributed by atoms with E-state index in [1.807, 2.05) is 24.3 Å². The summed E-state index contributed by atoms with van der Waals surface area (Å²) in [6.07, 6.45) is 0.160. The molecule has 26 heavy (non-hydrogen) atoms. The molecule has 0 aliphatic carbocycles. The van der Waals surface area contributed by atoms with Gasteiger partial charge >= 0.3 is 0 Å². The summed E-state index contributed by atoms with van der Waals surface area (Å²) < 4.78 is 13.0. The number of H-pyrrole nitrogens is 1. The molecule has 4 rings (SSSR count). The van der Waals surface area contributed by atoms with Crippen molar-refractivity contribution in [2.45, 2.75) is 13.0 Å². The fraction of sp³-hybridized carbons (Fsp3) is 0.211. The fourth-order valence-electron chi connectivity index (χ4n) is 3.14. The number of para-hydroxylation sites is 2. The first-order chi connectivity index (χ1) is 12.6. The molecule has 0 bridgehead atoms. The second-order valence-electron chi connectivity index (χ2n) is 6.39. The number of benzene rings is 2. The Bertz CT molecular complexity index is 934. The maximum atomic E-state index is 13.0. The summed E-state index contributed by atoms with van der Waals surface area (Å²) in [6, 6.07) is 13.5. The third kappa shape index (κ3) is 3.28. The molecular weight excluding hydrogens is 335 g/mol. The highest BCUT2D eigenvalue weighted by molar-refractivity contribution is 5.97. The molecule has 1 aliphatic heterocycles. The summed E-state index contributed by atoms with van der Waals surface area (Å²) in [5.74, 6) is -0.695. The highest BCUT2D eigenvalue weighted by Crippen LogP contribution is 2.22. The van der Waals surface area contributed by atoms with Gasteiger partial charge in [0, 0.05) is 19.5 Å². The van der Waals surface area contributed by atoms with Gasteiger partial charge in [-0.25, -0.2) is 9.37 Å². The number of carbonyl (C=O) groups excluding carboxylic acids is 2. The number of nitrogens with one attached hydrogen (secondary N) is 2. The fourth-order valence-corrected chi connectivity index (χ4v) is 3.14. The van der Waals surface area contributed by atoms with Crippen LogP contribution in [0.4, 0.5) is 10.3 Å². The van der Waals surface area contributed by atoms with Crippen LogP contribution in [0.2, 0.25) is 0 Å². The Balaban J connectivity index is 1.40. The molecule has 1 atom stereocenters. The molecule has 1 saturated heterocycles. The molecule has 7 heteroatoms. The molecule has 0 spiro atoms. The number of fused-ring (bicyclic) bond motifs is 1. The van der Waals surface area contributed by atoms with Crippen LogP contribution in [0.1, 0.15) is 12.0 Å². The van der Waals surface area contributed by atoms with Crippen molar-refractivity contribution >= 4 is 28.8 Å². The lowest BCUT2D eigenvalue weighted by Gasteiger charge is -2.16. The van der Waals surface area contributed by atoms with E-state index in [0.717, 1.165) is 16.6 Å². The normalized spacial score (nSPS) is 17.0. The lowest BCUT2D eigenvalue weighted by atomic mass is 10.1. The van der Waals surface area contributed by atoms with E-state index >= 15 is 0 Å². The topological polar surface area (TPSA) is 78.1 Å². The monoisotopic (exact) mass is 352 g/mol. The molecule has 1 fully saturated rings. The average Bonchev–Trinajstić information content (AvgIpc) is 3.20. The van der Waals surface area contributed by atoms with Crippen LogP contribution in [0.15, 0.2) is 48.5 Å². The van der Waals surface area contributed by atoms with E-state index in [0.29, 0.717) is 19.0 Å². The van der Waals surface area contributed by atoms with Gasteiger partial charge in [0.05, 0.1) is 17.0 Å². The van der Waals surface area contributed by atoms with Crippen molar-refractivity contribution in [3.05, 3.63) is 59.9 Å². The molecule has 2 aromatic carbocycles. The SMILES string of the molecule is O=C(Nc1nc2ccccc2[nH]1)[C@H]1CC(=O)N(Cc2ccc(F)cc2)C1. The van der Waals surface area contributed by atoms with Crippen molar-refractivity contribution in [2.24, 2.45) is 5.92 Å². The van der Waals surface area contributed by atoms with Crippen LogP contribution in [0.3, 0.4) is 0 Å². The second-order valence-corrected chi connectivity index (χ2v) is 6.39. The molecular formula is C19H17FN4O2. The number of aromatic amines is 1. The number of halogens is 1. The summed E-state index contributed by atoms with van der Waals surface area (Å²) in [5, 5.41) is 2.75. The van der Waals surface area contributed by atoms with Gasteiger partial charge < -0.3 is 9.88 Å². The Labute approximate surface area is 149 Å². The lowest BCUT2D eigenvalue weighted by molar-refractivity contribution is -0.128. The predicted molar refractivity (Wildman–Crippen MR) is 94.6 cm³/mol. The minimum Gasteiger partial charge on any atom is -0.338 e. The number of carbonyl (C=O) groups is 2. The zero-order valence-corrected chi connectivity index (χ0v) is 13.9. The number of rotatable bonds is 4. The number of hydrogen-bond donors (Lipinski definition) is 2. The average molecular weight is 352 g/mol. The molecule has 0 unspecified atom stereocenters.